The van der Waals surface area contributed by atoms with Gasteiger partial charge in [0, 0.05) is 56.5 Å². The van der Waals surface area contributed by atoms with Gasteiger partial charge in [0.1, 0.15) is 13.2 Å². The van der Waals surface area contributed by atoms with E-state index in [1.54, 1.807) is 26.6 Å². The van der Waals surface area contributed by atoms with Gasteiger partial charge in [-0.3, -0.25) is 15.0 Å². The normalized spacial score (nSPS) is 17.9. The summed E-state index contributed by atoms with van der Waals surface area (Å²) >= 11 is 0. The Morgan fingerprint density at radius 2 is 1.23 bits per heavy atom. The molecule has 3 N–H and O–H groups in total. The second-order valence-corrected chi connectivity index (χ2v) is 15.3. The lowest BCUT2D eigenvalue weighted by atomic mass is 9.95. The molecule has 0 radical (unpaired) electrons. The Kier molecular flexibility index (Phi) is 21.8. The third kappa shape index (κ3) is 14.5. The van der Waals surface area contributed by atoms with E-state index in [1.165, 1.54) is 11.1 Å². The summed E-state index contributed by atoms with van der Waals surface area (Å²) in [6.07, 6.45) is 14.1. The number of hydrogen-bond acceptors (Lipinski definition) is 14. The molecule has 2 aromatic rings. The Balaban J connectivity index is 1.57. The lowest BCUT2D eigenvalue weighted by Gasteiger charge is -2.15. The standard InChI is InChI=1S/C49H69N5O10/c1-7-36-37(8-2)42-30-44-39(12-10-16-56)35(4)47(54-44)33-51-46-32-49(64-28-26-62-24-22-60-20-18-58-6)48(63-27-25-61-23-21-59-19-17-57-5)31-45(46)50-14-13-40-34(3)38(11-9-15-55)43(52-40)29-41(36)53-42/h13-14,29-33,42,52,55-56H,7-12,15-28H2,1-6H3/b40-13-,43-29-,44-30+,50-14?,51-33?. The van der Waals surface area contributed by atoms with Crippen molar-refractivity contribution in [3.05, 3.63) is 68.0 Å². The first-order chi connectivity index (χ1) is 31.4. The molecule has 0 spiro atoms. The average molecular weight is 888 g/mol. The molecule has 64 heavy (non-hydrogen) atoms. The van der Waals surface area contributed by atoms with Gasteiger partial charge in [0.05, 0.1) is 107 Å². The molecule has 0 saturated carbocycles. The van der Waals surface area contributed by atoms with Crippen LogP contribution < -0.4 is 20.2 Å². The predicted octanol–water partition coefficient (Wildman–Crippen LogP) is 5.41. The number of rotatable bonds is 28. The second kappa shape index (κ2) is 27.7. The van der Waals surface area contributed by atoms with E-state index in [-0.39, 0.29) is 32.5 Å². The van der Waals surface area contributed by atoms with E-state index < -0.39 is 0 Å². The van der Waals surface area contributed by atoms with Crippen molar-refractivity contribution in [2.45, 2.75) is 72.3 Å². The van der Waals surface area contributed by atoms with Crippen LogP contribution >= 0.6 is 0 Å². The van der Waals surface area contributed by atoms with Crippen LogP contribution in [0.4, 0.5) is 11.4 Å². The number of allylic oxidation sites excluding steroid dienone is 3. The van der Waals surface area contributed by atoms with E-state index in [2.05, 4.69) is 44.8 Å². The van der Waals surface area contributed by atoms with Gasteiger partial charge in [-0.25, -0.2) is 4.99 Å². The largest absolute Gasteiger partial charge is 0.487 e. The van der Waals surface area contributed by atoms with Gasteiger partial charge < -0.3 is 53.1 Å². The van der Waals surface area contributed by atoms with Crippen LogP contribution in [0.5, 0.6) is 11.5 Å². The van der Waals surface area contributed by atoms with Crippen molar-refractivity contribution >= 4 is 47.4 Å². The van der Waals surface area contributed by atoms with Crippen molar-refractivity contribution in [2.24, 2.45) is 20.0 Å². The molecule has 1 aromatic carbocycles. The summed E-state index contributed by atoms with van der Waals surface area (Å²) < 4.78 is 45.3. The Morgan fingerprint density at radius 1 is 0.656 bits per heavy atom. The third-order valence-electron chi connectivity index (χ3n) is 11.1. The summed E-state index contributed by atoms with van der Waals surface area (Å²) in [5, 5.41) is 21.6. The quantitative estimate of drug-likeness (QED) is 0.0936. The van der Waals surface area contributed by atoms with Crippen LogP contribution in [0.25, 0.3) is 12.2 Å². The smallest absolute Gasteiger partial charge is 0.163 e. The molecule has 3 aliphatic rings. The van der Waals surface area contributed by atoms with Crippen LogP contribution in [-0.2, 0) is 34.8 Å². The van der Waals surface area contributed by atoms with E-state index in [9.17, 15) is 10.2 Å². The first kappa shape index (κ1) is 50.4. The monoisotopic (exact) mass is 888 g/mol. The van der Waals surface area contributed by atoms with Crippen molar-refractivity contribution < 1.29 is 48.1 Å². The van der Waals surface area contributed by atoms with E-state index >= 15 is 0 Å². The number of H-pyrrole nitrogens is 1. The number of fused-ring (bicyclic) bond motifs is 5. The summed E-state index contributed by atoms with van der Waals surface area (Å²) in [4.78, 5) is 24.1. The van der Waals surface area contributed by atoms with Gasteiger partial charge in [-0.15, -0.1) is 0 Å². The molecule has 3 aliphatic heterocycles. The van der Waals surface area contributed by atoms with Crippen LogP contribution in [0.1, 0.15) is 64.0 Å². The van der Waals surface area contributed by atoms with E-state index in [0.29, 0.717) is 115 Å². The minimum atomic E-state index is -0.183. The molecule has 1 unspecified atom stereocenters. The van der Waals surface area contributed by atoms with Gasteiger partial charge in [0.2, 0.25) is 0 Å². The topological polar surface area (TPSA) is 180 Å². The summed E-state index contributed by atoms with van der Waals surface area (Å²) in [5.41, 5.74) is 10.4. The fourth-order valence-electron chi connectivity index (χ4n) is 7.68. The maximum atomic E-state index is 9.88. The van der Waals surface area contributed by atoms with Crippen LogP contribution in [-0.4, -0.2) is 152 Å². The van der Waals surface area contributed by atoms with Gasteiger partial charge >= 0.3 is 0 Å². The summed E-state index contributed by atoms with van der Waals surface area (Å²) in [6, 6.07) is 3.47. The third-order valence-corrected chi connectivity index (χ3v) is 11.1. The molecule has 15 nitrogen and oxygen atoms in total. The number of ether oxygens (including phenoxy) is 8. The highest BCUT2D eigenvalue weighted by atomic mass is 16.6. The zero-order chi connectivity index (χ0) is 45.5. The van der Waals surface area contributed by atoms with Gasteiger partial charge in [-0.1, -0.05) is 13.8 Å². The number of nitrogens with one attached hydrogen (secondary N) is 1. The zero-order valence-corrected chi connectivity index (χ0v) is 38.7. The SMILES string of the molecule is CCC1=C(CC)C2/C=C3/N=C(C=Nc4cc(OCCOCCOCCOC)c(OCCOCCOCCOC)cc4N=C/C=c4\[nH]/c(c(CCCO)c4C)=C\C1=N2)C(C)=C3CCCO. The number of aromatic amines is 1. The van der Waals surface area contributed by atoms with Gasteiger partial charge in [0.25, 0.3) is 0 Å². The van der Waals surface area contributed by atoms with Crippen molar-refractivity contribution in [3.63, 3.8) is 0 Å². The van der Waals surface area contributed by atoms with Crippen molar-refractivity contribution in [3.8, 4) is 11.5 Å². The lowest BCUT2D eigenvalue weighted by Crippen LogP contribution is -2.15. The highest BCUT2D eigenvalue weighted by Crippen LogP contribution is 2.41. The number of aromatic nitrogens is 1. The minimum absolute atomic E-state index is 0.0721. The minimum Gasteiger partial charge on any atom is -0.487 e. The number of nitrogens with zero attached hydrogens (tertiary/aromatic N) is 4. The molecule has 1 aromatic heterocycles. The number of methoxy groups -OCH3 is 2. The summed E-state index contributed by atoms with van der Waals surface area (Å²) in [6.45, 7) is 13.6. The molecular formula is C49H69N5O10. The van der Waals surface area contributed by atoms with Crippen LogP contribution in [0.15, 0.2) is 66.2 Å². The zero-order valence-electron chi connectivity index (χ0n) is 38.7. The molecule has 1 atom stereocenters. The van der Waals surface area contributed by atoms with Crippen molar-refractivity contribution in [1.82, 2.24) is 4.98 Å². The van der Waals surface area contributed by atoms with Crippen LogP contribution in [0, 0.1) is 6.92 Å². The molecule has 350 valence electrons. The van der Waals surface area contributed by atoms with Crippen LogP contribution in [0.2, 0.25) is 0 Å². The highest BCUT2D eigenvalue weighted by Gasteiger charge is 2.27. The van der Waals surface area contributed by atoms with E-state index in [4.69, 9.17) is 57.9 Å². The first-order valence-electron chi connectivity index (χ1n) is 22.6. The molecule has 5 rings (SSSR count). The fraction of sp³-hybridized carbons (Fsp3) is 0.551. The second-order valence-electron chi connectivity index (χ2n) is 15.3. The maximum Gasteiger partial charge on any atom is 0.163 e. The lowest BCUT2D eigenvalue weighted by molar-refractivity contribution is 0.0160. The highest BCUT2D eigenvalue weighted by molar-refractivity contribution is 6.40. The van der Waals surface area contributed by atoms with Crippen molar-refractivity contribution in [1.29, 1.82) is 0 Å². The van der Waals surface area contributed by atoms with E-state index in [1.807, 2.05) is 18.2 Å². The number of aliphatic hydroxyl groups is 2. The van der Waals surface area contributed by atoms with E-state index in [0.717, 1.165) is 62.9 Å². The molecule has 0 amide bonds. The molecule has 6 bridgehead atoms. The number of aliphatic imine (C=N–C) groups is 4. The first-order valence-corrected chi connectivity index (χ1v) is 22.6. The molecule has 0 fully saturated rings. The Bertz CT molecular complexity index is 2170. The molecule has 4 heterocycles. The number of aliphatic hydroxyl groups excluding tert-OH is 2. The summed E-state index contributed by atoms with van der Waals surface area (Å²) in [7, 11) is 3.28. The average Bonchev–Trinajstić information content (AvgIpc) is 3.90. The number of benzene rings is 1. The van der Waals surface area contributed by atoms with Crippen LogP contribution in [0.3, 0.4) is 0 Å². The molecule has 0 aliphatic carbocycles. The Morgan fingerprint density at radius 3 is 1.81 bits per heavy atom. The molecule has 0 saturated heterocycles. The van der Waals surface area contributed by atoms with Gasteiger partial charge in [0.15, 0.2) is 11.5 Å². The Hall–Kier alpha value is -4.58. The Labute approximate surface area is 378 Å². The molecule has 15 heteroatoms. The maximum absolute atomic E-state index is 9.88. The number of hydrogen-bond donors (Lipinski definition) is 3. The van der Waals surface area contributed by atoms with Crippen molar-refractivity contribution in [2.75, 3.05) is 107 Å². The predicted molar refractivity (Wildman–Crippen MR) is 253 cm³/mol. The fourth-order valence-corrected chi connectivity index (χ4v) is 7.68. The van der Waals surface area contributed by atoms with Gasteiger partial charge in [-0.2, -0.15) is 0 Å². The summed E-state index contributed by atoms with van der Waals surface area (Å²) in [5.74, 6) is 0.947. The van der Waals surface area contributed by atoms with Gasteiger partial charge in [-0.05, 0) is 104 Å². The molecular weight excluding hydrogens is 819 g/mol.